The fourth-order valence-electron chi connectivity index (χ4n) is 3.09. The zero-order chi connectivity index (χ0) is 16.4. The summed E-state index contributed by atoms with van der Waals surface area (Å²) in [6.45, 7) is 1.42. The van der Waals surface area contributed by atoms with Gasteiger partial charge in [-0.05, 0) is 39.4 Å². The Labute approximate surface area is 143 Å². The maximum Gasteiger partial charge on any atom is 0.248 e. The van der Waals surface area contributed by atoms with Crippen LogP contribution in [0.15, 0.2) is 48.1 Å². The van der Waals surface area contributed by atoms with Crippen molar-refractivity contribution in [3.05, 3.63) is 64.1 Å². The zero-order valence-corrected chi connectivity index (χ0v) is 13.9. The first-order valence-corrected chi connectivity index (χ1v) is 8.79. The smallest absolute Gasteiger partial charge is 0.248 e. The summed E-state index contributed by atoms with van der Waals surface area (Å²) in [4.78, 5) is 16.5. The standard InChI is InChI=1S/C17H17N5OS/c23-17(21-8-6-16-14(11-21)7-9-24-16)15(22-12-18-19-20-22)10-13-4-2-1-3-5-13/h1-5,7,9,12,15H,6,8,10-11H2. The van der Waals surface area contributed by atoms with Crippen molar-refractivity contribution in [2.24, 2.45) is 0 Å². The number of tetrazole rings is 1. The third-order valence-corrected chi connectivity index (χ3v) is 5.38. The lowest BCUT2D eigenvalue weighted by Gasteiger charge is -2.30. The van der Waals surface area contributed by atoms with E-state index in [4.69, 9.17) is 0 Å². The summed E-state index contributed by atoms with van der Waals surface area (Å²) < 4.78 is 1.57. The molecule has 4 rings (SSSR count). The van der Waals surface area contributed by atoms with Crippen molar-refractivity contribution in [2.45, 2.75) is 25.4 Å². The molecule has 1 aliphatic rings. The Morgan fingerprint density at radius 2 is 2.12 bits per heavy atom. The molecule has 0 saturated heterocycles. The third-order valence-electron chi connectivity index (χ3n) is 4.36. The third kappa shape index (κ3) is 2.94. The molecule has 0 aliphatic carbocycles. The van der Waals surface area contributed by atoms with Gasteiger partial charge in [-0.2, -0.15) is 0 Å². The van der Waals surface area contributed by atoms with E-state index in [-0.39, 0.29) is 5.91 Å². The number of aromatic nitrogens is 4. The maximum atomic E-state index is 13.1. The number of hydrogen-bond acceptors (Lipinski definition) is 5. The van der Waals surface area contributed by atoms with E-state index < -0.39 is 6.04 Å². The van der Waals surface area contributed by atoms with Gasteiger partial charge < -0.3 is 4.90 Å². The second-order valence-electron chi connectivity index (χ2n) is 5.87. The molecular weight excluding hydrogens is 322 g/mol. The minimum absolute atomic E-state index is 0.0722. The summed E-state index contributed by atoms with van der Waals surface area (Å²) in [5.41, 5.74) is 2.36. The number of carbonyl (C=O) groups is 1. The summed E-state index contributed by atoms with van der Waals surface area (Å²) in [6, 6.07) is 11.7. The Bertz CT molecular complexity index is 815. The molecule has 2 aromatic heterocycles. The number of amides is 1. The monoisotopic (exact) mass is 339 g/mol. The van der Waals surface area contributed by atoms with Crippen LogP contribution in [0.1, 0.15) is 22.0 Å². The van der Waals surface area contributed by atoms with E-state index in [1.165, 1.54) is 16.8 Å². The molecular formula is C17H17N5OS. The average Bonchev–Trinajstić information content (AvgIpc) is 3.30. The second kappa shape index (κ2) is 6.52. The van der Waals surface area contributed by atoms with Gasteiger partial charge in [0, 0.05) is 24.4 Å². The number of thiophene rings is 1. The first kappa shape index (κ1) is 15.0. The van der Waals surface area contributed by atoms with Crippen LogP contribution in [0.2, 0.25) is 0 Å². The number of rotatable bonds is 4. The Kier molecular flexibility index (Phi) is 4.08. The number of carbonyl (C=O) groups excluding carboxylic acids is 1. The molecule has 0 spiro atoms. The van der Waals surface area contributed by atoms with Gasteiger partial charge in [-0.15, -0.1) is 16.4 Å². The van der Waals surface area contributed by atoms with Crippen LogP contribution in [-0.4, -0.2) is 37.6 Å². The highest BCUT2D eigenvalue weighted by molar-refractivity contribution is 7.10. The average molecular weight is 339 g/mol. The van der Waals surface area contributed by atoms with Gasteiger partial charge >= 0.3 is 0 Å². The molecule has 24 heavy (non-hydrogen) atoms. The van der Waals surface area contributed by atoms with Crippen molar-refractivity contribution < 1.29 is 4.79 Å². The van der Waals surface area contributed by atoms with Crippen LogP contribution in [0.25, 0.3) is 0 Å². The summed E-state index contributed by atoms with van der Waals surface area (Å²) in [6.07, 6.45) is 3.02. The van der Waals surface area contributed by atoms with Crippen molar-refractivity contribution in [1.82, 2.24) is 25.1 Å². The van der Waals surface area contributed by atoms with Crippen molar-refractivity contribution in [1.29, 1.82) is 0 Å². The quantitative estimate of drug-likeness (QED) is 0.730. The molecule has 0 bridgehead atoms. The summed E-state index contributed by atoms with van der Waals surface area (Å²) in [5.74, 6) is 0.0722. The molecule has 1 aromatic carbocycles. The topological polar surface area (TPSA) is 63.9 Å². The predicted molar refractivity (Wildman–Crippen MR) is 90.4 cm³/mol. The number of fused-ring (bicyclic) bond motifs is 1. The Morgan fingerprint density at radius 3 is 2.92 bits per heavy atom. The Morgan fingerprint density at radius 1 is 1.25 bits per heavy atom. The molecule has 0 saturated carbocycles. The van der Waals surface area contributed by atoms with Gasteiger partial charge in [0.15, 0.2) is 0 Å². The molecule has 1 amide bonds. The molecule has 0 radical (unpaired) electrons. The SMILES string of the molecule is O=C(C(Cc1ccccc1)n1cnnn1)N1CCc2sccc2C1. The fraction of sp³-hybridized carbons (Fsp3) is 0.294. The molecule has 1 atom stereocenters. The molecule has 1 unspecified atom stereocenters. The molecule has 3 aromatic rings. The lowest BCUT2D eigenvalue weighted by atomic mass is 10.0. The zero-order valence-electron chi connectivity index (χ0n) is 13.1. The summed E-state index contributed by atoms with van der Waals surface area (Å²) in [5, 5.41) is 13.5. The summed E-state index contributed by atoms with van der Waals surface area (Å²) >= 11 is 1.77. The van der Waals surface area contributed by atoms with Gasteiger partial charge in [0.2, 0.25) is 5.91 Å². The highest BCUT2D eigenvalue weighted by atomic mass is 32.1. The van der Waals surface area contributed by atoms with Gasteiger partial charge in [0.1, 0.15) is 12.4 Å². The number of nitrogens with zero attached hydrogens (tertiary/aromatic N) is 5. The van der Waals surface area contributed by atoms with Crippen molar-refractivity contribution in [3.63, 3.8) is 0 Å². The van der Waals surface area contributed by atoms with E-state index in [1.54, 1.807) is 16.0 Å². The predicted octanol–water partition coefficient (Wildman–Crippen LogP) is 2.10. The lowest BCUT2D eigenvalue weighted by Crippen LogP contribution is -2.41. The Hall–Kier alpha value is -2.54. The highest BCUT2D eigenvalue weighted by Crippen LogP contribution is 2.26. The second-order valence-corrected chi connectivity index (χ2v) is 6.87. The minimum atomic E-state index is -0.414. The molecule has 122 valence electrons. The number of hydrogen-bond donors (Lipinski definition) is 0. The Balaban J connectivity index is 1.58. The van der Waals surface area contributed by atoms with Crippen LogP contribution >= 0.6 is 11.3 Å². The van der Waals surface area contributed by atoms with Gasteiger partial charge in [-0.3, -0.25) is 4.79 Å². The largest absolute Gasteiger partial charge is 0.336 e. The molecule has 3 heterocycles. The summed E-state index contributed by atoms with van der Waals surface area (Å²) in [7, 11) is 0. The van der Waals surface area contributed by atoms with Crippen LogP contribution in [-0.2, 0) is 24.2 Å². The van der Waals surface area contributed by atoms with E-state index in [0.717, 1.165) is 18.5 Å². The molecule has 0 fully saturated rings. The first-order chi connectivity index (χ1) is 11.8. The molecule has 0 N–H and O–H groups in total. The molecule has 7 heteroatoms. The minimum Gasteiger partial charge on any atom is -0.336 e. The van der Waals surface area contributed by atoms with E-state index in [2.05, 4.69) is 27.0 Å². The van der Waals surface area contributed by atoms with Gasteiger partial charge in [0.25, 0.3) is 0 Å². The van der Waals surface area contributed by atoms with Gasteiger partial charge in [-0.1, -0.05) is 30.3 Å². The molecule has 1 aliphatic heterocycles. The van der Waals surface area contributed by atoms with Gasteiger partial charge in [0.05, 0.1) is 0 Å². The van der Waals surface area contributed by atoms with Crippen LogP contribution in [0.4, 0.5) is 0 Å². The van der Waals surface area contributed by atoms with E-state index in [1.807, 2.05) is 35.2 Å². The van der Waals surface area contributed by atoms with Crippen molar-refractivity contribution in [2.75, 3.05) is 6.54 Å². The van der Waals surface area contributed by atoms with Crippen molar-refractivity contribution >= 4 is 17.2 Å². The van der Waals surface area contributed by atoms with Crippen molar-refractivity contribution in [3.8, 4) is 0 Å². The van der Waals surface area contributed by atoms with Crippen LogP contribution in [0.3, 0.4) is 0 Å². The van der Waals surface area contributed by atoms with E-state index in [9.17, 15) is 4.79 Å². The van der Waals surface area contributed by atoms with Crippen LogP contribution in [0.5, 0.6) is 0 Å². The number of benzene rings is 1. The van der Waals surface area contributed by atoms with Crippen LogP contribution < -0.4 is 0 Å². The van der Waals surface area contributed by atoms with Crippen LogP contribution in [0, 0.1) is 0 Å². The lowest BCUT2D eigenvalue weighted by molar-refractivity contribution is -0.136. The first-order valence-electron chi connectivity index (χ1n) is 7.91. The van der Waals surface area contributed by atoms with E-state index >= 15 is 0 Å². The molecule has 6 nitrogen and oxygen atoms in total. The normalized spacial score (nSPS) is 15.1. The fourth-order valence-corrected chi connectivity index (χ4v) is 3.98. The maximum absolute atomic E-state index is 13.1. The highest BCUT2D eigenvalue weighted by Gasteiger charge is 2.30. The van der Waals surface area contributed by atoms with Gasteiger partial charge in [-0.25, -0.2) is 4.68 Å². The van der Waals surface area contributed by atoms with E-state index in [0.29, 0.717) is 13.0 Å².